The Kier molecular flexibility index (Phi) is 10.4. The molecule has 0 spiro atoms. The predicted molar refractivity (Wildman–Crippen MR) is 145 cm³/mol. The van der Waals surface area contributed by atoms with Crippen molar-refractivity contribution in [3.63, 3.8) is 0 Å². The number of hydrogen-bond donors (Lipinski definition) is 0. The first kappa shape index (κ1) is 29.2. The van der Waals surface area contributed by atoms with Crippen LogP contribution in [-0.4, -0.2) is 6.17 Å². The van der Waals surface area contributed by atoms with Crippen LogP contribution in [0.5, 0.6) is 0 Å². The monoisotopic (exact) mass is 464 g/mol. The van der Waals surface area contributed by atoms with Gasteiger partial charge in [-0.3, -0.25) is 0 Å². The van der Waals surface area contributed by atoms with Gasteiger partial charge in [0, 0.05) is 0 Å². The zero-order chi connectivity index (χ0) is 23.7. The Morgan fingerprint density at radius 1 is 0.848 bits per heavy atom. The number of alkyl halides is 1. The Labute approximate surface area is 208 Å². The highest BCUT2D eigenvalue weighted by Crippen LogP contribution is 2.68. The molecule has 0 aromatic rings. The van der Waals surface area contributed by atoms with E-state index in [9.17, 15) is 4.39 Å². The third kappa shape index (κ3) is 5.53. The van der Waals surface area contributed by atoms with Crippen LogP contribution in [0.15, 0.2) is 0 Å². The Balaban J connectivity index is 0.00000125. The maximum absolute atomic E-state index is 14.2. The van der Waals surface area contributed by atoms with Gasteiger partial charge in [-0.05, 0) is 129 Å². The molecule has 0 radical (unpaired) electrons. The third-order valence-corrected chi connectivity index (χ3v) is 11.7. The maximum atomic E-state index is 14.2. The van der Waals surface area contributed by atoms with Crippen molar-refractivity contribution in [2.45, 2.75) is 146 Å². The first-order chi connectivity index (χ1) is 15.2. The molecular formula is C32H61F. The van der Waals surface area contributed by atoms with Crippen LogP contribution in [0.25, 0.3) is 0 Å². The van der Waals surface area contributed by atoms with E-state index < -0.39 is 6.17 Å². The van der Waals surface area contributed by atoms with E-state index in [1.54, 1.807) is 0 Å². The van der Waals surface area contributed by atoms with E-state index in [-0.39, 0.29) is 7.43 Å². The number of rotatable bonds is 6. The molecule has 1 heteroatoms. The molecule has 0 bridgehead atoms. The van der Waals surface area contributed by atoms with Crippen molar-refractivity contribution >= 4 is 0 Å². The van der Waals surface area contributed by atoms with Crippen molar-refractivity contribution in [3.05, 3.63) is 0 Å². The fraction of sp³-hybridized carbons (Fsp3) is 1.00. The number of fused-ring (bicyclic) bond motifs is 5. The fourth-order valence-electron chi connectivity index (χ4n) is 9.71. The van der Waals surface area contributed by atoms with E-state index in [1.165, 1.54) is 57.8 Å². The van der Waals surface area contributed by atoms with Crippen molar-refractivity contribution in [3.8, 4) is 0 Å². The van der Waals surface area contributed by atoms with Gasteiger partial charge in [0.1, 0.15) is 6.17 Å². The van der Waals surface area contributed by atoms with Gasteiger partial charge < -0.3 is 0 Å². The third-order valence-electron chi connectivity index (χ3n) is 11.7. The largest absolute Gasteiger partial charge is 0.247 e. The van der Waals surface area contributed by atoms with Crippen molar-refractivity contribution in [1.29, 1.82) is 0 Å². The molecule has 0 N–H and O–H groups in total. The van der Waals surface area contributed by atoms with Crippen LogP contribution in [0.2, 0.25) is 0 Å². The molecule has 0 aliphatic heterocycles. The minimum atomic E-state index is -0.511. The van der Waals surface area contributed by atoms with Crippen molar-refractivity contribution in [2.75, 3.05) is 0 Å². The number of hydrogen-bond acceptors (Lipinski definition) is 0. The normalized spacial score (nSPS) is 43.8. The Morgan fingerprint density at radius 3 is 2.12 bits per heavy atom. The van der Waals surface area contributed by atoms with Crippen molar-refractivity contribution < 1.29 is 4.39 Å². The minimum absolute atomic E-state index is 0. The Hall–Kier alpha value is -0.0700. The number of halogens is 1. The molecule has 196 valence electrons. The lowest BCUT2D eigenvalue weighted by Crippen LogP contribution is -2.53. The molecule has 4 saturated carbocycles. The summed E-state index contributed by atoms with van der Waals surface area (Å²) >= 11 is 0. The molecule has 0 nitrogen and oxygen atoms in total. The molecule has 0 aromatic heterocycles. The molecule has 4 rings (SSSR count). The summed E-state index contributed by atoms with van der Waals surface area (Å²) in [5.74, 6) is 7.03. The smallest absolute Gasteiger partial charge is 0.100 e. The highest BCUT2D eigenvalue weighted by molar-refractivity contribution is 5.09. The van der Waals surface area contributed by atoms with Gasteiger partial charge in [-0.1, -0.05) is 69.2 Å². The van der Waals surface area contributed by atoms with Crippen LogP contribution in [-0.2, 0) is 0 Å². The van der Waals surface area contributed by atoms with E-state index in [0.29, 0.717) is 16.7 Å². The van der Waals surface area contributed by atoms with E-state index >= 15 is 0 Å². The topological polar surface area (TPSA) is 0 Å². The summed E-state index contributed by atoms with van der Waals surface area (Å²) < 4.78 is 14.2. The highest BCUT2D eigenvalue weighted by Gasteiger charge is 2.60. The Morgan fingerprint density at radius 2 is 1.48 bits per heavy atom. The lowest BCUT2D eigenvalue weighted by Gasteiger charge is -2.61. The summed E-state index contributed by atoms with van der Waals surface area (Å²) in [6.45, 7) is 19.1. The standard InChI is InChI=1S/C29H51F.C2H6.CH4/c1-7-21(19(2)3)16-20(4)17-22-9-11-26-25-10-8-23-18-24(30)12-14-28(23,5)27(25)13-15-29(22,26)6;1-2;/h19-27H,7-18H2,1-6H3;1-2H3;1H4. The highest BCUT2D eigenvalue weighted by atomic mass is 19.1. The summed E-state index contributed by atoms with van der Waals surface area (Å²) in [4.78, 5) is 0. The van der Waals surface area contributed by atoms with Gasteiger partial charge in [0.05, 0.1) is 0 Å². The van der Waals surface area contributed by atoms with Crippen LogP contribution in [0.1, 0.15) is 140 Å². The van der Waals surface area contributed by atoms with E-state index in [0.717, 1.165) is 60.7 Å². The van der Waals surface area contributed by atoms with Gasteiger partial charge in [-0.25, -0.2) is 4.39 Å². The van der Waals surface area contributed by atoms with Gasteiger partial charge >= 0.3 is 0 Å². The van der Waals surface area contributed by atoms with Gasteiger partial charge in [0.25, 0.3) is 0 Å². The first-order valence-electron chi connectivity index (χ1n) is 14.8. The summed E-state index contributed by atoms with van der Waals surface area (Å²) in [6, 6.07) is 0. The average molecular weight is 465 g/mol. The zero-order valence-electron chi connectivity index (χ0n) is 23.1. The van der Waals surface area contributed by atoms with E-state index in [2.05, 4.69) is 41.5 Å². The summed E-state index contributed by atoms with van der Waals surface area (Å²) in [6.07, 6.45) is 15.2. The van der Waals surface area contributed by atoms with Crippen LogP contribution in [0, 0.1) is 58.2 Å². The fourth-order valence-corrected chi connectivity index (χ4v) is 9.71. The molecule has 4 fully saturated rings. The average Bonchev–Trinajstić information content (AvgIpc) is 3.10. The quantitative estimate of drug-likeness (QED) is 0.366. The summed E-state index contributed by atoms with van der Waals surface area (Å²) in [7, 11) is 0. The molecule has 0 aromatic carbocycles. The summed E-state index contributed by atoms with van der Waals surface area (Å²) in [5.41, 5.74) is 1.04. The molecule has 4 aliphatic carbocycles. The van der Waals surface area contributed by atoms with Gasteiger partial charge in [0.15, 0.2) is 0 Å². The van der Waals surface area contributed by atoms with E-state index in [4.69, 9.17) is 0 Å². The molecule has 33 heavy (non-hydrogen) atoms. The second-order valence-corrected chi connectivity index (χ2v) is 13.3. The Bertz CT molecular complexity index is 583. The lowest BCUT2D eigenvalue weighted by molar-refractivity contribution is -0.120. The molecule has 10 atom stereocenters. The zero-order valence-corrected chi connectivity index (χ0v) is 23.1. The summed E-state index contributed by atoms with van der Waals surface area (Å²) in [5, 5.41) is 0. The van der Waals surface area contributed by atoms with Gasteiger partial charge in [0.2, 0.25) is 0 Å². The second-order valence-electron chi connectivity index (χ2n) is 13.3. The molecule has 0 heterocycles. The van der Waals surface area contributed by atoms with Crippen molar-refractivity contribution in [2.24, 2.45) is 58.2 Å². The van der Waals surface area contributed by atoms with Crippen LogP contribution in [0.3, 0.4) is 0 Å². The lowest BCUT2D eigenvalue weighted by atomic mass is 9.44. The second kappa shape index (κ2) is 11.8. The predicted octanol–water partition coefficient (Wildman–Crippen LogP) is 10.7. The maximum Gasteiger partial charge on any atom is 0.100 e. The van der Waals surface area contributed by atoms with Gasteiger partial charge in [-0.2, -0.15) is 0 Å². The van der Waals surface area contributed by atoms with Crippen LogP contribution in [0.4, 0.5) is 4.39 Å². The SMILES string of the molecule is C.CC.CCC(CC(C)CC1CCC2C3CCC4CC(F)CCC4(C)C3CCC12C)C(C)C. The molecular weight excluding hydrogens is 403 g/mol. The first-order valence-corrected chi connectivity index (χ1v) is 14.8. The minimum Gasteiger partial charge on any atom is -0.247 e. The molecule has 4 aliphatic rings. The van der Waals surface area contributed by atoms with Crippen molar-refractivity contribution in [1.82, 2.24) is 0 Å². The van der Waals surface area contributed by atoms with E-state index in [1.807, 2.05) is 13.8 Å². The van der Waals surface area contributed by atoms with Crippen LogP contribution >= 0.6 is 0 Å². The van der Waals surface area contributed by atoms with Crippen LogP contribution < -0.4 is 0 Å². The molecule has 0 saturated heterocycles. The van der Waals surface area contributed by atoms with Gasteiger partial charge in [-0.15, -0.1) is 0 Å². The molecule has 0 amide bonds. The molecule has 10 unspecified atom stereocenters.